The topological polar surface area (TPSA) is 101 Å². The van der Waals surface area contributed by atoms with E-state index in [1.807, 2.05) is 0 Å². The predicted octanol–water partition coefficient (Wildman–Crippen LogP) is 1.99. The van der Waals surface area contributed by atoms with Gasteiger partial charge < -0.3 is 15.9 Å². The minimum atomic E-state index is -1.14. The average molecular weight is 269 g/mol. The zero-order valence-electron chi connectivity index (χ0n) is 10.3. The van der Waals surface area contributed by atoms with E-state index in [1.54, 1.807) is 36.4 Å². The van der Waals surface area contributed by atoms with E-state index >= 15 is 0 Å². The molecular formula is C14H11N3O3. The number of hydrogen-bond donors (Lipinski definition) is 3. The Morgan fingerprint density at radius 2 is 1.90 bits per heavy atom. The van der Waals surface area contributed by atoms with Gasteiger partial charge in [0.1, 0.15) is 11.6 Å². The minimum Gasteiger partial charge on any atom is -0.507 e. The fraction of sp³-hybridized carbons (Fsp3) is 0. The molecule has 0 aliphatic heterocycles. The van der Waals surface area contributed by atoms with Crippen LogP contribution in [-0.4, -0.2) is 25.6 Å². The third kappa shape index (κ3) is 1.66. The molecule has 100 valence electrons. The summed E-state index contributed by atoms with van der Waals surface area (Å²) >= 11 is 0. The number of nitrogens with two attached hydrogens (primary N) is 1. The Labute approximate surface area is 113 Å². The lowest BCUT2D eigenvalue weighted by atomic mass is 10.2. The lowest BCUT2D eigenvalue weighted by Crippen LogP contribution is -1.99. The van der Waals surface area contributed by atoms with Gasteiger partial charge in [-0.3, -0.25) is 4.40 Å². The summed E-state index contributed by atoms with van der Waals surface area (Å²) in [5.41, 5.74) is 6.61. The van der Waals surface area contributed by atoms with Crippen LogP contribution in [0.15, 0.2) is 42.5 Å². The Hall–Kier alpha value is -3.02. The zero-order chi connectivity index (χ0) is 14.3. The molecule has 0 saturated heterocycles. The van der Waals surface area contributed by atoms with Gasteiger partial charge in [0, 0.05) is 0 Å². The number of hydrogen-bond acceptors (Lipinski definition) is 4. The summed E-state index contributed by atoms with van der Waals surface area (Å²) in [7, 11) is 0. The van der Waals surface area contributed by atoms with Crippen molar-refractivity contribution >= 4 is 17.3 Å². The normalized spacial score (nSPS) is 10.8. The second-order valence-electron chi connectivity index (χ2n) is 4.28. The van der Waals surface area contributed by atoms with Crippen LogP contribution in [0.4, 0.5) is 5.82 Å². The molecule has 0 aliphatic carbocycles. The number of para-hydroxylation sites is 1. The molecule has 1 aromatic carbocycles. The largest absolute Gasteiger partial charge is 0.507 e. The van der Waals surface area contributed by atoms with Crippen molar-refractivity contribution in [3.05, 3.63) is 48.2 Å². The summed E-state index contributed by atoms with van der Waals surface area (Å²) in [6.45, 7) is 0. The van der Waals surface area contributed by atoms with E-state index < -0.39 is 5.97 Å². The fourth-order valence-electron chi connectivity index (χ4n) is 2.16. The monoisotopic (exact) mass is 269 g/mol. The lowest BCUT2D eigenvalue weighted by molar-refractivity contribution is 0.0693. The summed E-state index contributed by atoms with van der Waals surface area (Å²) in [5.74, 6) is -0.483. The molecule has 0 aliphatic rings. The standard InChI is InChI=1S/C14H11N3O3/c15-11-7-3-5-9-12(14(19)20)16-13(17(9)11)8-4-1-2-6-10(8)18/h1-7,18H,15H2,(H,19,20). The number of rotatable bonds is 2. The van der Waals surface area contributed by atoms with Crippen LogP contribution in [0.2, 0.25) is 0 Å². The quantitative estimate of drug-likeness (QED) is 0.660. The number of nitrogens with zero attached hydrogens (tertiary/aromatic N) is 2. The Balaban J connectivity index is 2.43. The molecule has 0 radical (unpaired) electrons. The van der Waals surface area contributed by atoms with Crippen LogP contribution >= 0.6 is 0 Å². The number of aromatic hydroxyl groups is 1. The first-order valence-electron chi connectivity index (χ1n) is 5.88. The highest BCUT2D eigenvalue weighted by atomic mass is 16.4. The first-order chi connectivity index (χ1) is 9.59. The third-order valence-corrected chi connectivity index (χ3v) is 3.04. The van der Waals surface area contributed by atoms with Gasteiger partial charge in [-0.25, -0.2) is 9.78 Å². The van der Waals surface area contributed by atoms with Gasteiger partial charge in [-0.05, 0) is 24.3 Å². The fourth-order valence-corrected chi connectivity index (χ4v) is 2.16. The van der Waals surface area contributed by atoms with Crippen LogP contribution in [-0.2, 0) is 0 Å². The number of phenols is 1. The molecule has 2 aromatic heterocycles. The number of carbonyl (C=O) groups is 1. The number of carboxylic acids is 1. The highest BCUT2D eigenvalue weighted by molar-refractivity contribution is 5.95. The Morgan fingerprint density at radius 3 is 2.60 bits per heavy atom. The summed E-state index contributed by atoms with van der Waals surface area (Å²) in [4.78, 5) is 15.4. The van der Waals surface area contributed by atoms with Gasteiger partial charge >= 0.3 is 5.97 Å². The highest BCUT2D eigenvalue weighted by Crippen LogP contribution is 2.31. The molecule has 3 rings (SSSR count). The minimum absolute atomic E-state index is 0.0135. The first-order valence-corrected chi connectivity index (χ1v) is 5.88. The SMILES string of the molecule is Nc1cccc2c(C(=O)O)nc(-c3ccccc3O)n12. The molecule has 0 saturated carbocycles. The summed E-state index contributed by atoms with van der Waals surface area (Å²) in [6.07, 6.45) is 0. The Morgan fingerprint density at radius 1 is 1.15 bits per heavy atom. The molecule has 2 heterocycles. The van der Waals surface area contributed by atoms with Crippen LogP contribution in [0.1, 0.15) is 10.5 Å². The summed E-state index contributed by atoms with van der Waals surface area (Å²) in [6, 6.07) is 11.5. The number of fused-ring (bicyclic) bond motifs is 1. The van der Waals surface area contributed by atoms with E-state index in [-0.39, 0.29) is 11.4 Å². The van der Waals surface area contributed by atoms with E-state index in [0.717, 1.165) is 0 Å². The van der Waals surface area contributed by atoms with Crippen LogP contribution in [0, 0.1) is 0 Å². The molecule has 3 aromatic rings. The third-order valence-electron chi connectivity index (χ3n) is 3.04. The van der Waals surface area contributed by atoms with Gasteiger partial charge in [0.15, 0.2) is 11.5 Å². The summed E-state index contributed by atoms with van der Waals surface area (Å²) in [5, 5.41) is 19.1. The second kappa shape index (κ2) is 4.27. The maximum atomic E-state index is 11.3. The molecule has 4 N–H and O–H groups in total. The van der Waals surface area contributed by atoms with Gasteiger partial charge in [0.25, 0.3) is 0 Å². The van der Waals surface area contributed by atoms with Crippen molar-refractivity contribution in [2.75, 3.05) is 5.73 Å². The number of imidazole rings is 1. The second-order valence-corrected chi connectivity index (χ2v) is 4.28. The number of benzene rings is 1. The molecule has 6 nitrogen and oxygen atoms in total. The number of nitrogen functional groups attached to an aromatic ring is 1. The van der Waals surface area contributed by atoms with Crippen molar-refractivity contribution in [1.82, 2.24) is 9.38 Å². The lowest BCUT2D eigenvalue weighted by Gasteiger charge is -2.06. The molecule has 6 heteroatoms. The average Bonchev–Trinajstić information content (AvgIpc) is 2.80. The molecule has 0 fully saturated rings. The number of aromatic carboxylic acids is 1. The van der Waals surface area contributed by atoms with Crippen molar-refractivity contribution in [3.8, 4) is 17.1 Å². The molecule has 0 bridgehead atoms. The van der Waals surface area contributed by atoms with E-state index in [0.29, 0.717) is 22.7 Å². The Kier molecular flexibility index (Phi) is 2.57. The number of aromatic nitrogens is 2. The van der Waals surface area contributed by atoms with E-state index in [4.69, 9.17) is 5.73 Å². The highest BCUT2D eigenvalue weighted by Gasteiger charge is 2.20. The van der Waals surface area contributed by atoms with Crippen LogP contribution < -0.4 is 5.73 Å². The zero-order valence-corrected chi connectivity index (χ0v) is 10.3. The van der Waals surface area contributed by atoms with Crippen molar-refractivity contribution in [1.29, 1.82) is 0 Å². The number of carboxylic acid groups (broad SMARTS) is 1. The van der Waals surface area contributed by atoms with E-state index in [2.05, 4.69) is 4.98 Å². The van der Waals surface area contributed by atoms with Crippen LogP contribution in [0.3, 0.4) is 0 Å². The number of phenolic OH excluding ortho intramolecular Hbond substituents is 1. The van der Waals surface area contributed by atoms with E-state index in [9.17, 15) is 15.0 Å². The van der Waals surface area contributed by atoms with Crippen LogP contribution in [0.5, 0.6) is 5.75 Å². The van der Waals surface area contributed by atoms with Crippen molar-refractivity contribution in [3.63, 3.8) is 0 Å². The molecule has 0 spiro atoms. The first kappa shape index (κ1) is 12.0. The number of anilines is 1. The summed E-state index contributed by atoms with van der Waals surface area (Å²) < 4.78 is 1.51. The molecule has 0 amide bonds. The van der Waals surface area contributed by atoms with Gasteiger partial charge in [0.2, 0.25) is 0 Å². The number of pyridine rings is 1. The maximum absolute atomic E-state index is 11.3. The Bertz CT molecular complexity index is 824. The maximum Gasteiger partial charge on any atom is 0.356 e. The van der Waals surface area contributed by atoms with Crippen molar-refractivity contribution in [2.45, 2.75) is 0 Å². The molecular weight excluding hydrogens is 258 g/mol. The van der Waals surface area contributed by atoms with Gasteiger partial charge in [-0.1, -0.05) is 18.2 Å². The predicted molar refractivity (Wildman–Crippen MR) is 73.7 cm³/mol. The molecule has 20 heavy (non-hydrogen) atoms. The van der Waals surface area contributed by atoms with Crippen LogP contribution in [0.25, 0.3) is 16.9 Å². The van der Waals surface area contributed by atoms with Gasteiger partial charge in [-0.15, -0.1) is 0 Å². The van der Waals surface area contributed by atoms with E-state index in [1.165, 1.54) is 10.5 Å². The smallest absolute Gasteiger partial charge is 0.356 e. The van der Waals surface area contributed by atoms with Crippen molar-refractivity contribution in [2.24, 2.45) is 0 Å². The molecule has 0 unspecified atom stereocenters. The van der Waals surface area contributed by atoms with Gasteiger partial charge in [0.05, 0.1) is 11.1 Å². The molecule has 0 atom stereocenters. The van der Waals surface area contributed by atoms with Crippen molar-refractivity contribution < 1.29 is 15.0 Å². The van der Waals surface area contributed by atoms with Gasteiger partial charge in [-0.2, -0.15) is 0 Å².